The van der Waals surface area contributed by atoms with Crippen molar-refractivity contribution in [2.24, 2.45) is 5.92 Å². The van der Waals surface area contributed by atoms with E-state index in [1.807, 2.05) is 36.6 Å². The second kappa shape index (κ2) is 6.96. The van der Waals surface area contributed by atoms with E-state index in [9.17, 15) is 4.79 Å². The van der Waals surface area contributed by atoms with Gasteiger partial charge in [0.25, 0.3) is 5.91 Å². The number of amides is 1. The van der Waals surface area contributed by atoms with E-state index in [-0.39, 0.29) is 18.0 Å². The van der Waals surface area contributed by atoms with E-state index < -0.39 is 0 Å². The maximum atomic E-state index is 12.4. The molecule has 2 fully saturated rings. The van der Waals surface area contributed by atoms with Crippen molar-refractivity contribution in [2.75, 3.05) is 33.2 Å². The van der Waals surface area contributed by atoms with Crippen molar-refractivity contribution in [2.45, 2.75) is 38.8 Å². The molecule has 1 amide bonds. The molecule has 3 heterocycles. The Hall–Kier alpha value is -1.99. The van der Waals surface area contributed by atoms with Crippen LogP contribution < -0.4 is 5.32 Å². The van der Waals surface area contributed by atoms with Crippen LogP contribution in [0.2, 0.25) is 0 Å². The molecule has 1 saturated heterocycles. The minimum Gasteiger partial charge on any atom is -0.350 e. The topological polar surface area (TPSA) is 65.8 Å². The van der Waals surface area contributed by atoms with Gasteiger partial charge in [0.05, 0.1) is 11.6 Å². The number of hydrogen-bond acceptors (Lipinski definition) is 5. The molecule has 140 valence electrons. The highest BCUT2D eigenvalue weighted by Gasteiger charge is 2.32. The minimum atomic E-state index is -0.0612. The van der Waals surface area contributed by atoms with E-state index in [1.165, 1.54) is 19.4 Å². The molecule has 7 nitrogen and oxygen atoms in total. The van der Waals surface area contributed by atoms with Crippen molar-refractivity contribution in [3.63, 3.8) is 0 Å². The molecule has 1 aliphatic heterocycles. The predicted octanol–water partition coefficient (Wildman–Crippen LogP) is 1.57. The van der Waals surface area contributed by atoms with Crippen LogP contribution in [0.5, 0.6) is 0 Å². The summed E-state index contributed by atoms with van der Waals surface area (Å²) in [6, 6.07) is 3.99. The quantitative estimate of drug-likeness (QED) is 0.881. The number of aromatic nitrogens is 3. The average Bonchev–Trinajstić information content (AvgIpc) is 3.32. The van der Waals surface area contributed by atoms with E-state index in [4.69, 9.17) is 0 Å². The number of fused-ring (bicyclic) bond motifs is 1. The molecule has 7 heteroatoms. The predicted molar refractivity (Wildman–Crippen MR) is 100 cm³/mol. The van der Waals surface area contributed by atoms with Gasteiger partial charge in [-0.3, -0.25) is 19.0 Å². The Morgan fingerprint density at radius 2 is 2.08 bits per heavy atom. The van der Waals surface area contributed by atoms with Crippen LogP contribution in [-0.2, 0) is 0 Å². The largest absolute Gasteiger partial charge is 0.350 e. The third-order valence-corrected chi connectivity index (χ3v) is 5.35. The number of nitrogens with one attached hydrogen (secondary N) is 1. The smallest absolute Gasteiger partial charge is 0.252 e. The second-order valence-corrected chi connectivity index (χ2v) is 8.03. The van der Waals surface area contributed by atoms with Gasteiger partial charge in [0.1, 0.15) is 0 Å². The molecule has 0 spiro atoms. The molecule has 1 atom stereocenters. The fourth-order valence-corrected chi connectivity index (χ4v) is 3.66. The summed E-state index contributed by atoms with van der Waals surface area (Å²) in [4.78, 5) is 17.3. The van der Waals surface area contributed by atoms with Crippen molar-refractivity contribution in [1.82, 2.24) is 29.7 Å². The molecule has 2 aromatic rings. The molecule has 2 aromatic heterocycles. The van der Waals surface area contributed by atoms with Gasteiger partial charge in [-0.15, -0.1) is 10.2 Å². The van der Waals surface area contributed by atoms with Gasteiger partial charge in [0.2, 0.25) is 0 Å². The van der Waals surface area contributed by atoms with Crippen LogP contribution in [0.25, 0.3) is 5.65 Å². The summed E-state index contributed by atoms with van der Waals surface area (Å²) in [5, 5.41) is 11.7. The van der Waals surface area contributed by atoms with Crippen LogP contribution in [-0.4, -0.2) is 69.6 Å². The lowest BCUT2D eigenvalue weighted by Crippen LogP contribution is -2.47. The average molecular weight is 356 g/mol. The number of carbonyl (C=O) groups excluding carboxylic acids is 1. The maximum absolute atomic E-state index is 12.4. The fraction of sp³-hybridized carbons (Fsp3) is 0.632. The van der Waals surface area contributed by atoms with Gasteiger partial charge in [-0.25, -0.2) is 0 Å². The normalized spacial score (nSPS) is 22.2. The van der Waals surface area contributed by atoms with Crippen LogP contribution in [0.15, 0.2) is 18.3 Å². The van der Waals surface area contributed by atoms with Gasteiger partial charge in [0, 0.05) is 38.4 Å². The lowest BCUT2D eigenvalue weighted by atomic mass is 10.1. The molecule has 0 bridgehead atoms. The monoisotopic (exact) mass is 356 g/mol. The molecule has 0 aromatic carbocycles. The zero-order chi connectivity index (χ0) is 18.3. The Morgan fingerprint density at radius 3 is 2.81 bits per heavy atom. The highest BCUT2D eigenvalue weighted by molar-refractivity contribution is 5.94. The zero-order valence-electron chi connectivity index (χ0n) is 15.9. The number of hydrogen-bond donors (Lipinski definition) is 1. The molecular formula is C19H28N6O. The van der Waals surface area contributed by atoms with Gasteiger partial charge in [0.15, 0.2) is 11.5 Å². The first-order valence-corrected chi connectivity index (χ1v) is 9.59. The van der Waals surface area contributed by atoms with E-state index in [2.05, 4.69) is 32.4 Å². The summed E-state index contributed by atoms with van der Waals surface area (Å²) >= 11 is 0. The summed E-state index contributed by atoms with van der Waals surface area (Å²) in [6.07, 6.45) is 4.62. The molecule has 4 rings (SSSR count). The lowest BCUT2D eigenvalue weighted by molar-refractivity contribution is 0.0869. The molecule has 1 N–H and O–H groups in total. The third-order valence-electron chi connectivity index (χ3n) is 5.35. The first-order chi connectivity index (χ1) is 12.5. The van der Waals surface area contributed by atoms with Crippen LogP contribution in [0.4, 0.5) is 0 Å². The van der Waals surface area contributed by atoms with Crippen molar-refractivity contribution in [1.29, 1.82) is 0 Å². The van der Waals surface area contributed by atoms with Crippen LogP contribution in [0, 0.1) is 5.92 Å². The number of pyridine rings is 1. The summed E-state index contributed by atoms with van der Waals surface area (Å²) in [5.74, 6) is 1.75. The Labute approximate surface area is 154 Å². The number of rotatable bonds is 5. The molecule has 1 saturated carbocycles. The van der Waals surface area contributed by atoms with E-state index in [0.29, 0.717) is 5.56 Å². The first-order valence-electron chi connectivity index (χ1n) is 9.59. The minimum absolute atomic E-state index is 0.0612. The standard InChI is InChI=1S/C19H28N6O/c1-13(2)20-19(26)15-6-7-17-21-22-18(25(17)11-15)16-12-24(9-8-23(16)3)10-14-4-5-14/h6-7,11,13-14,16H,4-5,8-10,12H2,1-3H3,(H,20,26). The van der Waals surface area contributed by atoms with E-state index in [1.54, 1.807) is 0 Å². The van der Waals surface area contributed by atoms with Crippen molar-refractivity contribution >= 4 is 11.6 Å². The molecular weight excluding hydrogens is 328 g/mol. The van der Waals surface area contributed by atoms with Gasteiger partial charge in [-0.05, 0) is 51.8 Å². The fourth-order valence-electron chi connectivity index (χ4n) is 3.66. The molecule has 2 aliphatic rings. The Morgan fingerprint density at radius 1 is 1.27 bits per heavy atom. The van der Waals surface area contributed by atoms with Gasteiger partial charge in [-0.1, -0.05) is 0 Å². The Bertz CT molecular complexity index is 796. The maximum Gasteiger partial charge on any atom is 0.252 e. The summed E-state index contributed by atoms with van der Waals surface area (Å²) < 4.78 is 1.98. The summed E-state index contributed by atoms with van der Waals surface area (Å²) in [7, 11) is 2.15. The molecule has 1 aliphatic carbocycles. The van der Waals surface area contributed by atoms with Gasteiger partial charge < -0.3 is 5.32 Å². The summed E-state index contributed by atoms with van der Waals surface area (Å²) in [6.45, 7) is 8.24. The van der Waals surface area contributed by atoms with Crippen molar-refractivity contribution in [3.05, 3.63) is 29.7 Å². The zero-order valence-corrected chi connectivity index (χ0v) is 15.9. The Balaban J connectivity index is 1.61. The highest BCUT2D eigenvalue weighted by atomic mass is 16.1. The number of piperazine rings is 1. The first kappa shape index (κ1) is 17.4. The highest BCUT2D eigenvalue weighted by Crippen LogP contribution is 2.32. The van der Waals surface area contributed by atoms with Gasteiger partial charge in [-0.2, -0.15) is 0 Å². The van der Waals surface area contributed by atoms with Crippen LogP contribution >= 0.6 is 0 Å². The molecule has 0 radical (unpaired) electrons. The van der Waals surface area contributed by atoms with Gasteiger partial charge >= 0.3 is 0 Å². The second-order valence-electron chi connectivity index (χ2n) is 8.03. The number of carbonyl (C=O) groups is 1. The lowest BCUT2D eigenvalue weighted by Gasteiger charge is -2.38. The molecule has 1 unspecified atom stereocenters. The molecule has 26 heavy (non-hydrogen) atoms. The number of likely N-dealkylation sites (N-methyl/N-ethyl adjacent to an activating group) is 1. The van der Waals surface area contributed by atoms with E-state index in [0.717, 1.165) is 37.0 Å². The van der Waals surface area contributed by atoms with Crippen molar-refractivity contribution < 1.29 is 4.79 Å². The SMILES string of the molecule is CC(C)NC(=O)c1ccc2nnc(C3CN(CC4CC4)CCN3C)n2c1. The van der Waals surface area contributed by atoms with Crippen molar-refractivity contribution in [3.8, 4) is 0 Å². The Kier molecular flexibility index (Phi) is 4.67. The van der Waals surface area contributed by atoms with E-state index >= 15 is 0 Å². The van der Waals surface area contributed by atoms with Crippen LogP contribution in [0.1, 0.15) is 48.9 Å². The third kappa shape index (κ3) is 3.59. The van der Waals surface area contributed by atoms with Crippen LogP contribution in [0.3, 0.4) is 0 Å². The number of nitrogens with zero attached hydrogens (tertiary/aromatic N) is 5. The summed E-state index contributed by atoms with van der Waals surface area (Å²) in [5.41, 5.74) is 1.43.